The van der Waals surface area contributed by atoms with Gasteiger partial charge >= 0.3 is 5.00 Å². The van der Waals surface area contributed by atoms with Crippen LogP contribution < -0.4 is 19.5 Å². The third-order valence-corrected chi connectivity index (χ3v) is 6.79. The maximum atomic E-state index is 12.7. The van der Waals surface area contributed by atoms with Crippen LogP contribution in [0.25, 0.3) is 11.3 Å². The molecule has 4 aromatic rings. The van der Waals surface area contributed by atoms with Gasteiger partial charge in [-0.15, -0.1) is 0 Å². The van der Waals surface area contributed by atoms with Crippen LogP contribution in [0.3, 0.4) is 0 Å². The summed E-state index contributed by atoms with van der Waals surface area (Å²) in [5.74, 6) is 0.911. The number of carbonyl (C=O) groups excluding carboxylic acids is 1. The number of thiophene rings is 1. The second-order valence-electron chi connectivity index (χ2n) is 7.46. The lowest BCUT2D eigenvalue weighted by atomic mass is 10.1. The molecule has 0 saturated heterocycles. The molecule has 0 fully saturated rings. The minimum absolute atomic E-state index is 0.132. The number of methoxy groups -OCH3 is 1. The Balaban J connectivity index is 1.67. The van der Waals surface area contributed by atoms with Crippen LogP contribution in [0.1, 0.15) is 28.6 Å². The second-order valence-corrected chi connectivity index (χ2v) is 9.48. The molecule has 2 aromatic heterocycles. The number of anilines is 1. The first-order valence-electron chi connectivity index (χ1n) is 11.0. The summed E-state index contributed by atoms with van der Waals surface area (Å²) in [6.45, 7) is 2.62. The van der Waals surface area contributed by atoms with E-state index in [1.165, 1.54) is 19.2 Å². The molecule has 0 saturated carbocycles. The number of hydrogen-bond donors (Lipinski definition) is 1. The molecule has 1 amide bonds. The van der Waals surface area contributed by atoms with E-state index in [2.05, 4.69) is 16.4 Å². The summed E-state index contributed by atoms with van der Waals surface area (Å²) in [4.78, 5) is 27.9. The fraction of sp³-hybridized carbons (Fsp3) is 0.160. The quantitative estimate of drug-likeness (QED) is 0.179. The first kappa shape index (κ1) is 25.6. The van der Waals surface area contributed by atoms with Gasteiger partial charge in [-0.1, -0.05) is 29.6 Å². The number of nitrogens with zero attached hydrogens (tertiary/aromatic N) is 3. The lowest BCUT2D eigenvalue weighted by Crippen LogP contribution is -2.09. The molecule has 0 radical (unpaired) electrons. The van der Waals surface area contributed by atoms with Crippen molar-refractivity contribution in [2.45, 2.75) is 13.3 Å². The summed E-state index contributed by atoms with van der Waals surface area (Å²) in [7, 11) is 1.47. The van der Waals surface area contributed by atoms with E-state index >= 15 is 0 Å². The average Bonchev–Trinajstić information content (AvgIpc) is 3.56. The fourth-order valence-electron chi connectivity index (χ4n) is 3.17. The summed E-state index contributed by atoms with van der Waals surface area (Å²) in [6.07, 6.45) is 0.884. The van der Waals surface area contributed by atoms with Gasteiger partial charge in [-0.3, -0.25) is 20.2 Å². The Hall–Kier alpha value is -4.47. The highest BCUT2D eigenvalue weighted by Crippen LogP contribution is 2.43. The number of nitrogens with one attached hydrogen (secondary N) is 1. The Bertz CT molecular complexity index is 1470. The molecule has 0 atom stereocenters. The van der Waals surface area contributed by atoms with Gasteiger partial charge in [0.25, 0.3) is 5.91 Å². The molecule has 1 N–H and O–H groups in total. The highest BCUT2D eigenvalue weighted by atomic mass is 32.1. The zero-order chi connectivity index (χ0) is 26.4. The molecule has 0 aliphatic heterocycles. The van der Waals surface area contributed by atoms with Gasteiger partial charge in [-0.2, -0.15) is 5.26 Å². The zero-order valence-corrected chi connectivity index (χ0v) is 21.4. The summed E-state index contributed by atoms with van der Waals surface area (Å²) in [6, 6.07) is 16.8. The summed E-state index contributed by atoms with van der Waals surface area (Å²) in [5, 5.41) is 23.3. The van der Waals surface area contributed by atoms with Gasteiger partial charge in [0.2, 0.25) is 5.06 Å². The smallest absolute Gasteiger partial charge is 0.324 e. The van der Waals surface area contributed by atoms with Crippen molar-refractivity contribution in [1.82, 2.24) is 4.98 Å². The van der Waals surface area contributed by atoms with Gasteiger partial charge in [0.05, 0.1) is 35.1 Å². The number of carbonyl (C=O) groups is 1. The number of amides is 1. The number of ether oxygens (including phenoxy) is 3. The molecule has 4 rings (SSSR count). The summed E-state index contributed by atoms with van der Waals surface area (Å²) < 4.78 is 17.2. The average molecular weight is 537 g/mol. The van der Waals surface area contributed by atoms with Crippen molar-refractivity contribution in [1.29, 1.82) is 5.26 Å². The fourth-order valence-corrected chi connectivity index (χ4v) is 4.73. The molecule has 188 valence electrons. The van der Waals surface area contributed by atoms with Crippen LogP contribution in [-0.2, 0) is 0 Å². The van der Waals surface area contributed by atoms with Crippen LogP contribution in [0.2, 0.25) is 0 Å². The normalized spacial score (nSPS) is 10.4. The molecule has 2 aromatic carbocycles. The Kier molecular flexibility index (Phi) is 7.97. The first-order chi connectivity index (χ1) is 17.9. The predicted molar refractivity (Wildman–Crippen MR) is 140 cm³/mol. The van der Waals surface area contributed by atoms with Crippen molar-refractivity contribution in [3.05, 3.63) is 75.2 Å². The molecule has 0 aliphatic rings. The highest BCUT2D eigenvalue weighted by molar-refractivity contribution is 7.19. The molecule has 0 unspecified atom stereocenters. The van der Waals surface area contributed by atoms with E-state index in [0.717, 1.165) is 34.7 Å². The number of aromatic nitrogens is 1. The largest absolute Gasteiger partial charge is 0.494 e. The minimum atomic E-state index is -0.548. The highest BCUT2D eigenvalue weighted by Gasteiger charge is 2.21. The van der Waals surface area contributed by atoms with Crippen LogP contribution in [0.5, 0.6) is 22.3 Å². The number of hydrogen-bond acceptors (Lipinski definition) is 10. The van der Waals surface area contributed by atoms with Crippen molar-refractivity contribution in [2.24, 2.45) is 0 Å². The van der Waals surface area contributed by atoms with E-state index in [4.69, 9.17) is 14.2 Å². The molecular formula is C25H20N4O6S2. The van der Waals surface area contributed by atoms with E-state index in [-0.39, 0.29) is 15.0 Å². The topological polar surface area (TPSA) is 137 Å². The molecule has 0 spiro atoms. The lowest BCUT2D eigenvalue weighted by Gasteiger charge is -2.10. The predicted octanol–water partition coefficient (Wildman–Crippen LogP) is 6.49. The lowest BCUT2D eigenvalue weighted by molar-refractivity contribution is -0.380. The first-order valence-corrected chi connectivity index (χ1v) is 12.6. The van der Waals surface area contributed by atoms with Crippen LogP contribution >= 0.6 is 22.7 Å². The van der Waals surface area contributed by atoms with Gasteiger partial charge < -0.3 is 14.2 Å². The molecule has 0 bridgehead atoms. The van der Waals surface area contributed by atoms with Crippen molar-refractivity contribution in [3.8, 4) is 39.6 Å². The zero-order valence-electron chi connectivity index (χ0n) is 19.7. The van der Waals surface area contributed by atoms with Crippen LogP contribution in [0, 0.1) is 21.4 Å². The van der Waals surface area contributed by atoms with Gasteiger partial charge in [0.1, 0.15) is 11.4 Å². The van der Waals surface area contributed by atoms with Crippen LogP contribution in [-0.4, -0.2) is 29.5 Å². The van der Waals surface area contributed by atoms with Gasteiger partial charge in [0, 0.05) is 17.7 Å². The van der Waals surface area contributed by atoms with E-state index in [0.29, 0.717) is 40.2 Å². The Morgan fingerprint density at radius 1 is 1.14 bits per heavy atom. The molecule has 37 heavy (non-hydrogen) atoms. The summed E-state index contributed by atoms with van der Waals surface area (Å²) in [5.41, 5.74) is 1.59. The van der Waals surface area contributed by atoms with Gasteiger partial charge in [-0.25, -0.2) is 4.98 Å². The van der Waals surface area contributed by atoms with Crippen molar-refractivity contribution >= 4 is 38.7 Å². The maximum Gasteiger partial charge on any atom is 0.324 e. The van der Waals surface area contributed by atoms with Gasteiger partial charge in [-0.05, 0) is 48.9 Å². The van der Waals surface area contributed by atoms with E-state index in [9.17, 15) is 20.2 Å². The van der Waals surface area contributed by atoms with E-state index in [1.807, 2.05) is 31.2 Å². The maximum absolute atomic E-state index is 12.7. The van der Waals surface area contributed by atoms with E-state index < -0.39 is 10.8 Å². The molecular weight excluding hydrogens is 516 g/mol. The van der Waals surface area contributed by atoms with Crippen molar-refractivity contribution < 1.29 is 23.9 Å². The Labute approximate surface area is 219 Å². The van der Waals surface area contributed by atoms with Crippen LogP contribution in [0.15, 0.2) is 54.6 Å². The molecule has 10 nitrogen and oxygen atoms in total. The standard InChI is InChI=1S/C25H20N4O6S2/c1-3-12-34-17-7-5-16(6-8-17)22-24(35-18-9-4-15(14-26)13-19(18)33-2)37-25(27-22)28-23(30)20-10-11-21(36-20)29(31)32/h4-11,13H,3,12H2,1-2H3,(H,27,28,30). The SMILES string of the molecule is CCCOc1ccc(-c2nc(NC(=O)c3ccc([N+](=O)[O-])s3)sc2Oc2ccc(C#N)cc2OC)cc1. The monoisotopic (exact) mass is 536 g/mol. The Morgan fingerprint density at radius 2 is 1.92 bits per heavy atom. The number of nitro groups is 1. The molecule has 2 heterocycles. The number of thiazole rings is 1. The Morgan fingerprint density at radius 3 is 2.57 bits per heavy atom. The third kappa shape index (κ3) is 6.03. The van der Waals surface area contributed by atoms with E-state index in [1.54, 1.807) is 18.2 Å². The van der Waals surface area contributed by atoms with Gasteiger partial charge in [0.15, 0.2) is 16.6 Å². The molecule has 12 heteroatoms. The number of nitriles is 1. The minimum Gasteiger partial charge on any atom is -0.494 e. The number of rotatable bonds is 10. The van der Waals surface area contributed by atoms with Crippen LogP contribution in [0.4, 0.5) is 10.1 Å². The summed E-state index contributed by atoms with van der Waals surface area (Å²) >= 11 is 1.86. The molecule has 0 aliphatic carbocycles. The van der Waals surface area contributed by atoms with Crippen molar-refractivity contribution in [2.75, 3.05) is 19.0 Å². The number of benzene rings is 2. The van der Waals surface area contributed by atoms with Crippen molar-refractivity contribution in [3.63, 3.8) is 0 Å². The third-order valence-electron chi connectivity index (χ3n) is 4.91. The second kappa shape index (κ2) is 11.5.